The van der Waals surface area contributed by atoms with Gasteiger partial charge in [-0.3, -0.25) is 4.90 Å². The third-order valence-corrected chi connectivity index (χ3v) is 5.03. The van der Waals surface area contributed by atoms with Crippen LogP contribution in [-0.2, 0) is 6.42 Å². The molecule has 0 heterocycles. The predicted octanol–water partition coefficient (Wildman–Crippen LogP) is 3.63. The summed E-state index contributed by atoms with van der Waals surface area (Å²) in [6.45, 7) is 6.51. The van der Waals surface area contributed by atoms with Crippen molar-refractivity contribution in [2.45, 2.75) is 64.0 Å². The van der Waals surface area contributed by atoms with Crippen LogP contribution in [0.25, 0.3) is 0 Å². The van der Waals surface area contributed by atoms with Gasteiger partial charge in [0.25, 0.3) is 0 Å². The molecule has 0 bridgehead atoms. The Labute approximate surface area is 123 Å². The number of benzene rings is 1. The van der Waals surface area contributed by atoms with Crippen LogP contribution in [0.2, 0.25) is 0 Å². The molecule has 2 heteroatoms. The number of hydrogen-bond donors (Lipinski definition) is 1. The number of aliphatic hydroxyl groups excluding tert-OH is 1. The monoisotopic (exact) mass is 275 g/mol. The van der Waals surface area contributed by atoms with Crippen molar-refractivity contribution >= 4 is 0 Å². The van der Waals surface area contributed by atoms with Gasteiger partial charge in [0.05, 0.1) is 6.10 Å². The fourth-order valence-corrected chi connectivity index (χ4v) is 3.92. The van der Waals surface area contributed by atoms with E-state index >= 15 is 0 Å². The summed E-state index contributed by atoms with van der Waals surface area (Å²) in [5.74, 6) is 0. The molecule has 1 fully saturated rings. The number of likely N-dealkylation sites (N-methyl/N-ethyl adjacent to an activating group) is 1. The van der Waals surface area contributed by atoms with Gasteiger partial charge in [0.15, 0.2) is 0 Å². The second kappa shape index (κ2) is 7.24. The first-order chi connectivity index (χ1) is 9.73. The lowest BCUT2D eigenvalue weighted by atomic mass is 9.85. The van der Waals surface area contributed by atoms with Crippen molar-refractivity contribution in [2.75, 3.05) is 13.1 Å². The molecule has 0 amide bonds. The van der Waals surface area contributed by atoms with E-state index in [0.29, 0.717) is 0 Å². The van der Waals surface area contributed by atoms with Gasteiger partial charge in [-0.15, -0.1) is 0 Å². The zero-order valence-corrected chi connectivity index (χ0v) is 13.0. The average Bonchev–Trinajstić information content (AvgIpc) is 2.98. The van der Waals surface area contributed by atoms with Gasteiger partial charge in [0, 0.05) is 5.54 Å². The molecule has 1 aromatic rings. The molecule has 0 spiro atoms. The van der Waals surface area contributed by atoms with Crippen molar-refractivity contribution in [2.24, 2.45) is 0 Å². The van der Waals surface area contributed by atoms with Crippen molar-refractivity contribution in [1.29, 1.82) is 0 Å². The molecule has 0 saturated heterocycles. The summed E-state index contributed by atoms with van der Waals surface area (Å²) < 4.78 is 0. The molecule has 0 aromatic heterocycles. The lowest BCUT2D eigenvalue weighted by Gasteiger charge is -2.44. The smallest absolute Gasteiger partial charge is 0.0727 e. The van der Waals surface area contributed by atoms with Crippen LogP contribution in [0.4, 0.5) is 0 Å². The van der Waals surface area contributed by atoms with Gasteiger partial charge in [-0.1, -0.05) is 57.0 Å². The summed E-state index contributed by atoms with van der Waals surface area (Å²) in [6, 6.07) is 10.5. The Kier molecular flexibility index (Phi) is 5.62. The van der Waals surface area contributed by atoms with Crippen molar-refractivity contribution in [3.05, 3.63) is 35.9 Å². The lowest BCUT2D eigenvalue weighted by Crippen LogP contribution is -2.55. The highest BCUT2D eigenvalue weighted by molar-refractivity contribution is 5.15. The molecule has 2 rings (SSSR count). The van der Waals surface area contributed by atoms with Crippen molar-refractivity contribution in [3.63, 3.8) is 0 Å². The Morgan fingerprint density at radius 2 is 1.70 bits per heavy atom. The van der Waals surface area contributed by atoms with Gasteiger partial charge >= 0.3 is 0 Å². The standard InChI is InChI=1S/C18H29NO/c1-3-19(4-2)18(14-8-9-15-18)17(20)13-12-16-10-6-5-7-11-16/h5-7,10-11,17,20H,3-4,8-9,12-15H2,1-2H3. The average molecular weight is 275 g/mol. The van der Waals surface area contributed by atoms with E-state index in [2.05, 4.69) is 43.0 Å². The molecule has 1 aromatic carbocycles. The lowest BCUT2D eigenvalue weighted by molar-refractivity contribution is -0.0287. The van der Waals surface area contributed by atoms with Gasteiger partial charge in [-0.2, -0.15) is 0 Å². The molecule has 20 heavy (non-hydrogen) atoms. The van der Waals surface area contributed by atoms with Crippen molar-refractivity contribution in [3.8, 4) is 0 Å². The number of aliphatic hydroxyl groups is 1. The minimum Gasteiger partial charge on any atom is -0.391 e. The maximum Gasteiger partial charge on any atom is 0.0727 e. The van der Waals surface area contributed by atoms with E-state index in [4.69, 9.17) is 0 Å². The topological polar surface area (TPSA) is 23.5 Å². The van der Waals surface area contributed by atoms with Gasteiger partial charge in [-0.25, -0.2) is 0 Å². The van der Waals surface area contributed by atoms with Crippen LogP contribution in [-0.4, -0.2) is 34.7 Å². The molecular weight excluding hydrogens is 246 g/mol. The summed E-state index contributed by atoms with van der Waals surface area (Å²) in [5, 5.41) is 10.9. The summed E-state index contributed by atoms with van der Waals surface area (Å²) in [4.78, 5) is 2.50. The molecule has 0 radical (unpaired) electrons. The third kappa shape index (κ3) is 3.24. The molecular formula is C18H29NO. The Bertz CT molecular complexity index is 380. The first-order valence-corrected chi connectivity index (χ1v) is 8.20. The molecule has 112 valence electrons. The van der Waals surface area contributed by atoms with E-state index in [-0.39, 0.29) is 11.6 Å². The highest BCUT2D eigenvalue weighted by Gasteiger charge is 2.43. The van der Waals surface area contributed by atoms with E-state index in [1.54, 1.807) is 0 Å². The van der Waals surface area contributed by atoms with Gasteiger partial charge in [0.2, 0.25) is 0 Å². The van der Waals surface area contributed by atoms with Crippen LogP contribution < -0.4 is 0 Å². The van der Waals surface area contributed by atoms with E-state index < -0.39 is 0 Å². The molecule has 1 N–H and O–H groups in total. The fourth-order valence-electron chi connectivity index (χ4n) is 3.92. The molecule has 0 aliphatic heterocycles. The SMILES string of the molecule is CCN(CC)C1(C(O)CCc2ccccc2)CCCC1. The van der Waals surface area contributed by atoms with Crippen LogP contribution in [0.3, 0.4) is 0 Å². The summed E-state index contributed by atoms with van der Waals surface area (Å²) >= 11 is 0. The maximum absolute atomic E-state index is 10.9. The Hall–Kier alpha value is -0.860. The number of aryl methyl sites for hydroxylation is 1. The summed E-state index contributed by atoms with van der Waals surface area (Å²) in [6.07, 6.45) is 6.49. The number of nitrogens with zero attached hydrogens (tertiary/aromatic N) is 1. The van der Waals surface area contributed by atoms with Crippen molar-refractivity contribution < 1.29 is 5.11 Å². The second-order valence-corrected chi connectivity index (χ2v) is 6.02. The number of hydrogen-bond acceptors (Lipinski definition) is 2. The predicted molar refractivity (Wildman–Crippen MR) is 84.9 cm³/mol. The zero-order valence-electron chi connectivity index (χ0n) is 13.0. The molecule has 1 aliphatic carbocycles. The summed E-state index contributed by atoms with van der Waals surface area (Å²) in [7, 11) is 0. The molecule has 1 unspecified atom stereocenters. The Morgan fingerprint density at radius 1 is 1.10 bits per heavy atom. The van der Waals surface area contributed by atoms with Crippen LogP contribution in [0.5, 0.6) is 0 Å². The minimum atomic E-state index is -0.204. The second-order valence-electron chi connectivity index (χ2n) is 6.02. The zero-order chi connectivity index (χ0) is 14.4. The van der Waals surface area contributed by atoms with Crippen LogP contribution >= 0.6 is 0 Å². The molecule has 1 atom stereocenters. The minimum absolute atomic E-state index is 0.0400. The third-order valence-electron chi connectivity index (χ3n) is 5.03. The van der Waals surface area contributed by atoms with Gasteiger partial charge in [-0.05, 0) is 44.3 Å². The highest BCUT2D eigenvalue weighted by atomic mass is 16.3. The van der Waals surface area contributed by atoms with E-state index in [1.165, 1.54) is 18.4 Å². The summed E-state index contributed by atoms with van der Waals surface area (Å²) in [5.41, 5.74) is 1.37. The Balaban J connectivity index is 2.02. The molecule has 1 aliphatic rings. The quantitative estimate of drug-likeness (QED) is 0.821. The molecule has 2 nitrogen and oxygen atoms in total. The van der Waals surface area contributed by atoms with Crippen LogP contribution in [0.15, 0.2) is 30.3 Å². The normalized spacial score (nSPS) is 19.4. The van der Waals surface area contributed by atoms with Crippen LogP contribution in [0.1, 0.15) is 51.5 Å². The molecule has 1 saturated carbocycles. The fraction of sp³-hybridized carbons (Fsp3) is 0.667. The maximum atomic E-state index is 10.9. The van der Waals surface area contributed by atoms with Gasteiger partial charge < -0.3 is 5.11 Å². The number of rotatable bonds is 7. The largest absolute Gasteiger partial charge is 0.391 e. The van der Waals surface area contributed by atoms with Gasteiger partial charge in [0.1, 0.15) is 0 Å². The first kappa shape index (κ1) is 15.5. The first-order valence-electron chi connectivity index (χ1n) is 8.20. The van der Waals surface area contributed by atoms with E-state index in [9.17, 15) is 5.11 Å². The van der Waals surface area contributed by atoms with E-state index in [0.717, 1.165) is 38.8 Å². The Morgan fingerprint density at radius 3 is 2.25 bits per heavy atom. The van der Waals surface area contributed by atoms with Crippen molar-refractivity contribution in [1.82, 2.24) is 4.90 Å². The highest BCUT2D eigenvalue weighted by Crippen LogP contribution is 2.39. The van der Waals surface area contributed by atoms with Crippen LogP contribution in [0, 0.1) is 0 Å². The van der Waals surface area contributed by atoms with E-state index in [1.807, 2.05) is 6.07 Å².